The molecule has 0 spiro atoms. The molecule has 0 aliphatic heterocycles. The van der Waals surface area contributed by atoms with Crippen molar-refractivity contribution >= 4 is 11.6 Å². The number of carbonyl (C=O) groups is 1. The highest BCUT2D eigenvalue weighted by Crippen LogP contribution is 2.49. The molecule has 2 atom stereocenters. The van der Waals surface area contributed by atoms with Crippen molar-refractivity contribution in [1.29, 1.82) is 0 Å². The highest BCUT2D eigenvalue weighted by molar-refractivity contribution is 5.96. The first kappa shape index (κ1) is 15.3. The predicted octanol–water partition coefficient (Wildman–Crippen LogP) is 3.59. The highest BCUT2D eigenvalue weighted by Gasteiger charge is 2.45. The smallest absolute Gasteiger partial charge is 0.228 e. The van der Waals surface area contributed by atoms with Crippen LogP contribution >= 0.6 is 0 Å². The molecule has 2 aromatic carbocycles. The molecule has 1 amide bonds. The van der Waals surface area contributed by atoms with E-state index in [-0.39, 0.29) is 23.6 Å². The molecule has 5 heteroatoms. The van der Waals surface area contributed by atoms with Crippen molar-refractivity contribution in [3.8, 4) is 11.5 Å². The first-order valence-corrected chi connectivity index (χ1v) is 7.41. The zero-order chi connectivity index (χ0) is 16.4. The van der Waals surface area contributed by atoms with Crippen LogP contribution < -0.4 is 14.8 Å². The molecule has 1 fully saturated rings. The van der Waals surface area contributed by atoms with Crippen molar-refractivity contribution in [2.75, 3.05) is 19.5 Å². The lowest BCUT2D eigenvalue weighted by Crippen LogP contribution is -2.15. The molecule has 0 bridgehead atoms. The summed E-state index contributed by atoms with van der Waals surface area (Å²) in [7, 11) is 3.10. The number of halogens is 1. The van der Waals surface area contributed by atoms with Gasteiger partial charge in [0.1, 0.15) is 17.3 Å². The average molecular weight is 315 g/mol. The summed E-state index contributed by atoms with van der Waals surface area (Å²) in [5.74, 6) is 0.534. The van der Waals surface area contributed by atoms with Crippen molar-refractivity contribution < 1.29 is 18.7 Å². The third-order valence-corrected chi connectivity index (χ3v) is 4.10. The maximum Gasteiger partial charge on any atom is 0.228 e. The average Bonchev–Trinajstić information content (AvgIpc) is 3.36. The fourth-order valence-corrected chi connectivity index (χ4v) is 2.73. The fourth-order valence-electron chi connectivity index (χ4n) is 2.73. The minimum absolute atomic E-state index is 0.0551. The van der Waals surface area contributed by atoms with Crippen LogP contribution in [0.15, 0.2) is 42.5 Å². The van der Waals surface area contributed by atoms with Crippen LogP contribution in [0.4, 0.5) is 10.1 Å². The van der Waals surface area contributed by atoms with Crippen molar-refractivity contribution in [2.45, 2.75) is 12.3 Å². The summed E-state index contributed by atoms with van der Waals surface area (Å²) in [5, 5.41) is 2.85. The van der Waals surface area contributed by atoms with Gasteiger partial charge >= 0.3 is 0 Å². The Morgan fingerprint density at radius 3 is 2.65 bits per heavy atom. The number of carbonyl (C=O) groups excluding carboxylic acids is 1. The fraction of sp³-hybridized carbons (Fsp3) is 0.278. The highest BCUT2D eigenvalue weighted by atomic mass is 19.1. The van der Waals surface area contributed by atoms with Crippen LogP contribution in [0.1, 0.15) is 17.9 Å². The van der Waals surface area contributed by atoms with Gasteiger partial charge in [0.25, 0.3) is 0 Å². The molecule has 4 nitrogen and oxygen atoms in total. The molecular weight excluding hydrogens is 297 g/mol. The Morgan fingerprint density at radius 2 is 1.96 bits per heavy atom. The monoisotopic (exact) mass is 315 g/mol. The van der Waals surface area contributed by atoms with Gasteiger partial charge in [-0.2, -0.15) is 0 Å². The Hall–Kier alpha value is -2.56. The summed E-state index contributed by atoms with van der Waals surface area (Å²) in [6, 6.07) is 11.8. The van der Waals surface area contributed by atoms with Gasteiger partial charge in [0.2, 0.25) is 5.91 Å². The third-order valence-electron chi connectivity index (χ3n) is 4.10. The number of rotatable bonds is 5. The summed E-state index contributed by atoms with van der Waals surface area (Å²) in [5.41, 5.74) is 1.19. The molecule has 0 radical (unpaired) electrons. The van der Waals surface area contributed by atoms with Crippen LogP contribution in [0.25, 0.3) is 0 Å². The van der Waals surface area contributed by atoms with Gasteiger partial charge in [-0.1, -0.05) is 18.2 Å². The summed E-state index contributed by atoms with van der Waals surface area (Å²) in [6.45, 7) is 0. The van der Waals surface area contributed by atoms with Gasteiger partial charge in [-0.15, -0.1) is 0 Å². The Labute approximate surface area is 134 Å². The number of hydrogen-bond acceptors (Lipinski definition) is 3. The molecule has 120 valence electrons. The minimum atomic E-state index is -0.255. The topological polar surface area (TPSA) is 47.6 Å². The van der Waals surface area contributed by atoms with Crippen LogP contribution in [-0.4, -0.2) is 20.1 Å². The molecule has 3 rings (SSSR count). The predicted molar refractivity (Wildman–Crippen MR) is 85.4 cm³/mol. The van der Waals surface area contributed by atoms with Crippen LogP contribution in [0.5, 0.6) is 11.5 Å². The van der Waals surface area contributed by atoms with Gasteiger partial charge in [-0.3, -0.25) is 4.79 Å². The van der Waals surface area contributed by atoms with Gasteiger partial charge in [-0.25, -0.2) is 4.39 Å². The lowest BCUT2D eigenvalue weighted by molar-refractivity contribution is -0.117. The van der Waals surface area contributed by atoms with E-state index in [0.29, 0.717) is 29.2 Å². The summed E-state index contributed by atoms with van der Waals surface area (Å²) >= 11 is 0. The Morgan fingerprint density at radius 1 is 1.17 bits per heavy atom. The van der Waals surface area contributed by atoms with E-state index in [4.69, 9.17) is 9.47 Å². The number of methoxy groups -OCH3 is 2. The van der Waals surface area contributed by atoms with Gasteiger partial charge in [-0.05, 0) is 36.1 Å². The Kier molecular flexibility index (Phi) is 4.19. The van der Waals surface area contributed by atoms with E-state index in [2.05, 4.69) is 5.32 Å². The molecule has 1 N–H and O–H groups in total. The number of benzene rings is 2. The van der Waals surface area contributed by atoms with Crippen LogP contribution in [-0.2, 0) is 4.79 Å². The van der Waals surface area contributed by atoms with Gasteiger partial charge < -0.3 is 14.8 Å². The van der Waals surface area contributed by atoms with Crippen LogP contribution in [0, 0.1) is 11.7 Å². The molecule has 1 saturated carbocycles. The van der Waals surface area contributed by atoms with Crippen molar-refractivity contribution in [1.82, 2.24) is 0 Å². The second kappa shape index (κ2) is 6.28. The third kappa shape index (κ3) is 3.13. The molecule has 1 aliphatic carbocycles. The maximum atomic E-state index is 13.8. The summed E-state index contributed by atoms with van der Waals surface area (Å²) in [4.78, 5) is 12.4. The Balaban J connectivity index is 1.71. The van der Waals surface area contributed by atoms with E-state index in [0.717, 1.165) is 0 Å². The van der Waals surface area contributed by atoms with Gasteiger partial charge in [0.15, 0.2) is 0 Å². The first-order chi connectivity index (χ1) is 11.1. The van der Waals surface area contributed by atoms with E-state index < -0.39 is 0 Å². The van der Waals surface area contributed by atoms with Crippen LogP contribution in [0.3, 0.4) is 0 Å². The SMILES string of the molecule is COc1ccc(NC(=O)[C@H]2C[C@@H]2c2ccccc2F)c(OC)c1. The molecule has 23 heavy (non-hydrogen) atoms. The van der Waals surface area contributed by atoms with E-state index in [9.17, 15) is 9.18 Å². The summed E-state index contributed by atoms with van der Waals surface area (Å²) in [6.07, 6.45) is 0.658. The number of anilines is 1. The lowest BCUT2D eigenvalue weighted by Gasteiger charge is -2.11. The van der Waals surface area contributed by atoms with Gasteiger partial charge in [0.05, 0.1) is 19.9 Å². The molecule has 1 aliphatic rings. The molecule has 0 aromatic heterocycles. The lowest BCUT2D eigenvalue weighted by atomic mass is 10.1. The Bertz CT molecular complexity index is 732. The van der Waals surface area contributed by atoms with Crippen molar-refractivity contribution in [3.05, 3.63) is 53.8 Å². The first-order valence-electron chi connectivity index (χ1n) is 7.41. The second-order valence-electron chi connectivity index (χ2n) is 5.53. The largest absolute Gasteiger partial charge is 0.497 e. The minimum Gasteiger partial charge on any atom is -0.497 e. The molecule has 0 unspecified atom stereocenters. The van der Waals surface area contributed by atoms with E-state index >= 15 is 0 Å². The second-order valence-corrected chi connectivity index (χ2v) is 5.53. The van der Waals surface area contributed by atoms with E-state index in [1.807, 2.05) is 0 Å². The normalized spacial score (nSPS) is 19.1. The van der Waals surface area contributed by atoms with E-state index in [1.165, 1.54) is 13.2 Å². The zero-order valence-corrected chi connectivity index (χ0v) is 13.0. The quantitative estimate of drug-likeness (QED) is 0.917. The van der Waals surface area contributed by atoms with Gasteiger partial charge in [0, 0.05) is 12.0 Å². The number of amides is 1. The molecular formula is C18H18FNO3. The standard InChI is InChI=1S/C18H18FNO3/c1-22-11-7-8-16(17(9-11)23-2)20-18(21)14-10-13(14)12-5-3-4-6-15(12)19/h3-9,13-14H,10H2,1-2H3,(H,20,21)/t13-,14+/m1/s1. The maximum absolute atomic E-state index is 13.8. The number of nitrogens with one attached hydrogen (secondary N) is 1. The number of ether oxygens (including phenoxy) is 2. The zero-order valence-electron chi connectivity index (χ0n) is 13.0. The van der Waals surface area contributed by atoms with E-state index in [1.54, 1.807) is 43.5 Å². The van der Waals surface area contributed by atoms with Crippen LogP contribution in [0.2, 0.25) is 0 Å². The summed E-state index contributed by atoms with van der Waals surface area (Å²) < 4.78 is 24.2. The molecule has 0 heterocycles. The van der Waals surface area contributed by atoms with Crippen molar-refractivity contribution in [2.24, 2.45) is 5.92 Å². The number of hydrogen-bond donors (Lipinski definition) is 1. The van der Waals surface area contributed by atoms with Crippen molar-refractivity contribution in [3.63, 3.8) is 0 Å². The molecule has 2 aromatic rings. The molecule has 0 saturated heterocycles.